The van der Waals surface area contributed by atoms with Crippen molar-refractivity contribution in [2.45, 2.75) is 114 Å². The molecular formula is C81H91N19O3S. The number of hydrogen-bond donors (Lipinski definition) is 4. The summed E-state index contributed by atoms with van der Waals surface area (Å²) in [5, 5.41) is 41.1. The third-order valence-electron chi connectivity index (χ3n) is 19.6. The highest BCUT2D eigenvalue weighted by atomic mass is 32.1. The lowest BCUT2D eigenvalue weighted by Crippen LogP contribution is -2.33. The summed E-state index contributed by atoms with van der Waals surface area (Å²) in [6, 6.07) is 38.8. The molecule has 4 N–H and O–H groups in total. The lowest BCUT2D eigenvalue weighted by Gasteiger charge is -2.15. The Morgan fingerprint density at radius 3 is 1.38 bits per heavy atom. The van der Waals surface area contributed by atoms with Crippen molar-refractivity contribution in [2.24, 2.45) is 0 Å². The van der Waals surface area contributed by atoms with E-state index in [1.807, 2.05) is 31.3 Å². The monoisotopic (exact) mass is 1410 g/mol. The SMILES string of the molecule is Cc1cccc(C)c1-c1cc(C)c2nc(Nc3ccc(=O)n(CCCN4CCCC4)c3)nnc2c1.Cc1cccc(C)c1-c1cc(C)c2nc(Nc3ccnc(OCCN4CCCC4)c3)nnc2c1.Cc1cccc(C)c1-c1cc(C)c2nc(Nc3nc(C(=O)NCCN4CCCC4)cs3)nnc2c1. The lowest BCUT2D eigenvalue weighted by molar-refractivity contribution is 0.0945. The number of nitrogens with zero attached hydrogens (tertiary/aromatic N) is 15. The third-order valence-corrected chi connectivity index (χ3v) is 20.3. The van der Waals surface area contributed by atoms with E-state index < -0.39 is 0 Å². The van der Waals surface area contributed by atoms with Gasteiger partial charge >= 0.3 is 0 Å². The number of carbonyl (C=O) groups excluding carboxylic acids is 1. The van der Waals surface area contributed by atoms with E-state index in [1.165, 1.54) is 113 Å². The predicted octanol–water partition coefficient (Wildman–Crippen LogP) is 14.9. The topological polar surface area (TPSA) is 248 Å². The van der Waals surface area contributed by atoms with Crippen LogP contribution in [0.4, 0.5) is 34.4 Å². The number of aryl methyl sites for hydroxylation is 10. The first kappa shape index (κ1) is 71.8. The van der Waals surface area contributed by atoms with Crippen molar-refractivity contribution in [3.05, 3.63) is 199 Å². The van der Waals surface area contributed by atoms with Gasteiger partial charge in [-0.1, -0.05) is 54.6 Å². The molecule has 0 saturated carbocycles. The van der Waals surface area contributed by atoms with E-state index in [0.29, 0.717) is 54.2 Å². The number of thiazole rings is 1. The molecule has 15 rings (SSSR count). The quantitative estimate of drug-likeness (QED) is 0.0522. The number of pyridine rings is 2. The molecule has 6 aromatic carbocycles. The number of hydrogen-bond acceptors (Lipinski definition) is 21. The highest BCUT2D eigenvalue weighted by Gasteiger charge is 2.20. The zero-order valence-electron chi connectivity index (χ0n) is 61.0. The minimum atomic E-state index is -0.166. The Balaban J connectivity index is 0.000000139. The molecule has 0 atom stereocenters. The van der Waals surface area contributed by atoms with Crippen molar-refractivity contribution in [1.82, 2.24) is 80.1 Å². The van der Waals surface area contributed by atoms with Gasteiger partial charge in [0.1, 0.15) is 28.9 Å². The number of nitrogens with one attached hydrogen (secondary N) is 4. The maximum Gasteiger partial charge on any atom is 0.270 e. The van der Waals surface area contributed by atoms with Crippen molar-refractivity contribution in [3.8, 4) is 39.3 Å². The van der Waals surface area contributed by atoms with Gasteiger partial charge in [-0.25, -0.2) is 24.9 Å². The van der Waals surface area contributed by atoms with Crippen LogP contribution in [0, 0.1) is 62.3 Å². The van der Waals surface area contributed by atoms with Crippen molar-refractivity contribution < 1.29 is 9.53 Å². The minimum Gasteiger partial charge on any atom is -0.476 e. The minimum absolute atomic E-state index is 0.00407. The van der Waals surface area contributed by atoms with E-state index in [0.717, 1.165) is 130 Å². The molecule has 3 saturated heterocycles. The number of aromatic nitrogens is 12. The van der Waals surface area contributed by atoms with E-state index >= 15 is 0 Å². The highest BCUT2D eigenvalue weighted by molar-refractivity contribution is 7.14. The molecule has 3 aliphatic rings. The van der Waals surface area contributed by atoms with Crippen molar-refractivity contribution in [1.29, 1.82) is 0 Å². The van der Waals surface area contributed by atoms with Gasteiger partial charge in [0.2, 0.25) is 23.7 Å². The lowest BCUT2D eigenvalue weighted by atomic mass is 9.94. The third kappa shape index (κ3) is 17.7. The van der Waals surface area contributed by atoms with Crippen LogP contribution in [0.1, 0.15) is 106 Å². The molecule has 0 aliphatic carbocycles. The van der Waals surface area contributed by atoms with Gasteiger partial charge in [-0.05, 0) is 285 Å². The Morgan fingerprint density at radius 2 is 0.904 bits per heavy atom. The fourth-order valence-corrected chi connectivity index (χ4v) is 15.0. The molecule has 0 bridgehead atoms. The van der Waals surface area contributed by atoms with Gasteiger partial charge in [0.15, 0.2) is 5.13 Å². The van der Waals surface area contributed by atoms with Crippen LogP contribution < -0.4 is 31.6 Å². The molecule has 12 aromatic rings. The molecule has 0 radical (unpaired) electrons. The summed E-state index contributed by atoms with van der Waals surface area (Å²) in [6.07, 6.45) is 12.1. The maximum absolute atomic E-state index is 12.4. The number of ether oxygens (including phenoxy) is 1. The standard InChI is InChI=1S/C28H32N6O.C27H30N6O.C26H29N7OS/c1-19-8-6-9-20(2)26(19)22-16-21(3)27-24(17-22)31-32-28(30-27)29-23-10-11-25(35)34(18-23)15-7-14-33-12-4-5-13-33;1-18-7-6-8-19(2)25(18)21-15-20(3)26-23(16-21)31-32-27(30-26)29-22-9-10-28-24(17-22)34-14-13-33-11-4-5-12-33;1-16-7-6-8-17(2)22(16)19-13-18(3)23-20(14-19)31-32-25(29-23)30-26-28-21(15-35-26)24(34)27-9-12-33-10-4-5-11-33/h6,8-11,16-18H,4-5,7,12-15H2,1-3H3,(H,29,30,32);6-10,15-17H,4-5,11-14H2,1-3H3,(H,28,29,30,32);6-8,13-15H,4-5,9-12H2,1-3H3,(H,27,34)(H,28,29,30,32). The van der Waals surface area contributed by atoms with Crippen LogP contribution in [0.3, 0.4) is 0 Å². The highest BCUT2D eigenvalue weighted by Crippen LogP contribution is 2.35. The summed E-state index contributed by atoms with van der Waals surface area (Å²) in [5.41, 5.74) is 24.3. The summed E-state index contributed by atoms with van der Waals surface area (Å²) in [6.45, 7) is 30.6. The zero-order chi connectivity index (χ0) is 72.2. The number of benzene rings is 6. The van der Waals surface area contributed by atoms with Gasteiger partial charge < -0.3 is 35.1 Å². The van der Waals surface area contributed by atoms with E-state index in [-0.39, 0.29) is 11.5 Å². The normalized spacial score (nSPS) is 14.0. The Kier molecular flexibility index (Phi) is 22.9. The smallest absolute Gasteiger partial charge is 0.270 e. The Labute approximate surface area is 611 Å². The second-order valence-corrected chi connectivity index (χ2v) is 28.4. The van der Waals surface area contributed by atoms with Crippen LogP contribution in [0.5, 0.6) is 5.88 Å². The Hall–Kier alpha value is -10.6. The van der Waals surface area contributed by atoms with E-state index in [4.69, 9.17) is 14.7 Å². The maximum atomic E-state index is 12.4. The Morgan fingerprint density at radius 1 is 0.462 bits per heavy atom. The number of rotatable bonds is 21. The summed E-state index contributed by atoms with van der Waals surface area (Å²) in [7, 11) is 0. The fourth-order valence-electron chi connectivity index (χ4n) is 14.4. The van der Waals surface area contributed by atoms with Crippen LogP contribution in [0.15, 0.2) is 138 Å². The number of carbonyl (C=O) groups is 1. The number of fused-ring (bicyclic) bond motifs is 3. The molecule has 534 valence electrons. The predicted molar refractivity (Wildman–Crippen MR) is 417 cm³/mol. The Bertz CT molecular complexity index is 5060. The zero-order valence-corrected chi connectivity index (χ0v) is 61.8. The summed E-state index contributed by atoms with van der Waals surface area (Å²) < 4.78 is 7.62. The van der Waals surface area contributed by atoms with Gasteiger partial charge in [-0.2, -0.15) is 0 Å². The average Bonchev–Trinajstić information content (AvgIpc) is 0.989. The molecule has 3 aliphatic heterocycles. The summed E-state index contributed by atoms with van der Waals surface area (Å²) in [5.74, 6) is 1.65. The van der Waals surface area contributed by atoms with Crippen LogP contribution in [-0.4, -0.2) is 153 Å². The van der Waals surface area contributed by atoms with Crippen LogP contribution in [0.2, 0.25) is 0 Å². The van der Waals surface area contributed by atoms with Crippen LogP contribution in [-0.2, 0) is 6.54 Å². The number of anilines is 6. The molecule has 6 aromatic heterocycles. The molecule has 9 heterocycles. The summed E-state index contributed by atoms with van der Waals surface area (Å²) in [4.78, 5) is 54.9. The van der Waals surface area contributed by atoms with E-state index in [1.54, 1.807) is 28.3 Å². The van der Waals surface area contributed by atoms with Gasteiger partial charge in [0.05, 0.1) is 22.2 Å². The average molecular weight is 1410 g/mol. The van der Waals surface area contributed by atoms with Gasteiger partial charge in [0.25, 0.3) is 11.5 Å². The first-order valence-electron chi connectivity index (χ1n) is 36.2. The van der Waals surface area contributed by atoms with Crippen molar-refractivity contribution in [2.75, 3.05) is 88.0 Å². The number of amides is 1. The molecule has 104 heavy (non-hydrogen) atoms. The van der Waals surface area contributed by atoms with Gasteiger partial charge in [-0.3, -0.25) is 19.8 Å². The molecule has 1 amide bonds. The molecule has 22 nitrogen and oxygen atoms in total. The van der Waals surface area contributed by atoms with Gasteiger partial charge in [-0.15, -0.1) is 41.9 Å². The molecule has 3 fully saturated rings. The van der Waals surface area contributed by atoms with Crippen LogP contribution in [0.25, 0.3) is 66.5 Å². The molecule has 0 spiro atoms. The first-order valence-corrected chi connectivity index (χ1v) is 37.1. The molecule has 23 heteroatoms. The largest absolute Gasteiger partial charge is 0.476 e. The summed E-state index contributed by atoms with van der Waals surface area (Å²) >= 11 is 1.34. The van der Waals surface area contributed by atoms with E-state index in [9.17, 15) is 9.59 Å². The second kappa shape index (κ2) is 33.2. The first-order chi connectivity index (χ1) is 50.5. The van der Waals surface area contributed by atoms with Crippen LogP contribution >= 0.6 is 11.3 Å². The van der Waals surface area contributed by atoms with Gasteiger partial charge in [0, 0.05) is 61.8 Å². The molecular weight excluding hydrogens is 1320 g/mol. The fraction of sp³-hybridized carbons (Fsp3) is 0.346. The van der Waals surface area contributed by atoms with Crippen molar-refractivity contribution >= 4 is 84.7 Å². The van der Waals surface area contributed by atoms with E-state index in [2.05, 4.69) is 222 Å². The van der Waals surface area contributed by atoms with Crippen molar-refractivity contribution in [3.63, 3.8) is 0 Å². The number of likely N-dealkylation sites (tertiary alicyclic amines) is 3. The molecule has 0 unspecified atom stereocenters. The second-order valence-electron chi connectivity index (χ2n) is 27.5.